The minimum Gasteiger partial charge on any atom is -0.493 e. The van der Waals surface area contributed by atoms with E-state index in [0.29, 0.717) is 29.6 Å². The first kappa shape index (κ1) is 20.0. The lowest BCUT2D eigenvalue weighted by Crippen LogP contribution is -2.24. The Kier molecular flexibility index (Phi) is 7.50. The van der Waals surface area contributed by atoms with Crippen molar-refractivity contribution in [3.05, 3.63) is 56.8 Å². The fraction of sp³-hybridized carbons (Fsp3) is 0.333. The van der Waals surface area contributed by atoms with Crippen molar-refractivity contribution in [1.29, 1.82) is 0 Å². The highest BCUT2D eigenvalue weighted by Gasteiger charge is 2.16. The Hall–Kier alpha value is -1.34. The largest absolute Gasteiger partial charge is 0.493 e. The van der Waals surface area contributed by atoms with Crippen molar-refractivity contribution in [2.75, 3.05) is 13.7 Å². The van der Waals surface area contributed by atoms with E-state index >= 15 is 0 Å². The number of aliphatic hydroxyl groups excluding tert-OH is 1. The van der Waals surface area contributed by atoms with Gasteiger partial charge in [-0.15, -0.1) is 0 Å². The third kappa shape index (κ3) is 5.31. The summed E-state index contributed by atoms with van der Waals surface area (Å²) in [7, 11) is 1.54. The number of nitrogens with one attached hydrogen (secondary N) is 1. The molecular formula is C18H20BrClFNO3. The zero-order valence-electron chi connectivity index (χ0n) is 14.0. The summed E-state index contributed by atoms with van der Waals surface area (Å²) in [5.41, 5.74) is 1.10. The van der Waals surface area contributed by atoms with E-state index in [-0.39, 0.29) is 12.2 Å². The van der Waals surface area contributed by atoms with E-state index < -0.39 is 11.9 Å². The second-order valence-corrected chi connectivity index (χ2v) is 6.79. The van der Waals surface area contributed by atoms with Gasteiger partial charge in [0.2, 0.25) is 0 Å². The summed E-state index contributed by atoms with van der Waals surface area (Å²) in [6.07, 6.45) is -0.467. The van der Waals surface area contributed by atoms with Gasteiger partial charge in [0.15, 0.2) is 11.5 Å². The molecule has 136 valence electrons. The fourth-order valence-corrected chi connectivity index (χ4v) is 2.96. The summed E-state index contributed by atoms with van der Waals surface area (Å²) in [6.45, 7) is 2.55. The summed E-state index contributed by atoms with van der Waals surface area (Å²) in [4.78, 5) is 0. The van der Waals surface area contributed by atoms with Crippen molar-refractivity contribution in [2.45, 2.75) is 26.2 Å². The monoisotopic (exact) mass is 431 g/mol. The lowest BCUT2D eigenvalue weighted by atomic mass is 10.1. The van der Waals surface area contributed by atoms with Crippen molar-refractivity contribution >= 4 is 27.5 Å². The summed E-state index contributed by atoms with van der Waals surface area (Å²) < 4.78 is 26.0. The average Bonchev–Trinajstić information content (AvgIpc) is 2.56. The van der Waals surface area contributed by atoms with E-state index in [1.807, 2.05) is 6.07 Å². The van der Waals surface area contributed by atoms with Gasteiger partial charge in [0, 0.05) is 28.7 Å². The third-order valence-electron chi connectivity index (χ3n) is 3.55. The van der Waals surface area contributed by atoms with Crippen LogP contribution in [0.3, 0.4) is 0 Å². The number of aliphatic hydroxyl groups is 1. The van der Waals surface area contributed by atoms with Crippen LogP contribution in [0.5, 0.6) is 11.5 Å². The molecule has 0 aliphatic carbocycles. The molecule has 1 atom stereocenters. The van der Waals surface area contributed by atoms with Gasteiger partial charge in [0.1, 0.15) is 12.4 Å². The van der Waals surface area contributed by atoms with Gasteiger partial charge in [-0.25, -0.2) is 4.39 Å². The molecule has 0 bridgehead atoms. The zero-order valence-corrected chi connectivity index (χ0v) is 16.3. The number of hydrogen-bond acceptors (Lipinski definition) is 4. The first-order valence-corrected chi connectivity index (χ1v) is 8.91. The maximum Gasteiger partial charge on any atom is 0.167 e. The summed E-state index contributed by atoms with van der Waals surface area (Å²) in [6, 6.07) is 8.12. The average molecular weight is 433 g/mol. The molecule has 0 heterocycles. The minimum absolute atomic E-state index is 0.0261. The molecule has 1 unspecified atom stereocenters. The molecule has 0 radical (unpaired) electrons. The van der Waals surface area contributed by atoms with E-state index in [2.05, 4.69) is 21.2 Å². The van der Waals surface area contributed by atoms with E-state index in [1.165, 1.54) is 6.07 Å². The number of halogens is 3. The SMILES string of the molecule is COc1ccc(Br)c(CNCC(C)O)c1OCc1c(F)cccc1Cl. The molecule has 2 rings (SSSR count). The van der Waals surface area contributed by atoms with Crippen LogP contribution in [0.1, 0.15) is 18.1 Å². The summed E-state index contributed by atoms with van der Waals surface area (Å²) in [5, 5.41) is 12.8. The molecule has 0 fully saturated rings. The Bertz CT molecular complexity index is 707. The zero-order chi connectivity index (χ0) is 18.4. The van der Waals surface area contributed by atoms with Gasteiger partial charge in [0.05, 0.1) is 18.2 Å². The molecule has 2 aromatic rings. The predicted octanol–water partition coefficient (Wildman–Crippen LogP) is 4.30. The van der Waals surface area contributed by atoms with E-state index in [9.17, 15) is 9.50 Å². The van der Waals surface area contributed by atoms with Crippen LogP contribution < -0.4 is 14.8 Å². The van der Waals surface area contributed by atoms with Crippen molar-refractivity contribution in [3.63, 3.8) is 0 Å². The predicted molar refractivity (Wildman–Crippen MR) is 99.8 cm³/mol. The smallest absolute Gasteiger partial charge is 0.167 e. The standard InChI is InChI=1S/C18H20BrClFNO3/c1-11(23)8-22-9-12-14(19)6-7-17(24-2)18(12)25-10-13-15(20)4-3-5-16(13)21/h3-7,11,22-23H,8-10H2,1-2H3. The Balaban J connectivity index is 2.26. The highest BCUT2D eigenvalue weighted by molar-refractivity contribution is 9.10. The second-order valence-electron chi connectivity index (χ2n) is 5.53. The van der Waals surface area contributed by atoms with Crippen molar-refractivity contribution in [3.8, 4) is 11.5 Å². The van der Waals surface area contributed by atoms with Crippen LogP contribution in [0.15, 0.2) is 34.8 Å². The Morgan fingerprint density at radius 1 is 1.28 bits per heavy atom. The van der Waals surface area contributed by atoms with E-state index in [0.717, 1.165) is 10.0 Å². The van der Waals surface area contributed by atoms with Gasteiger partial charge in [0.25, 0.3) is 0 Å². The molecule has 25 heavy (non-hydrogen) atoms. The Morgan fingerprint density at radius 3 is 2.68 bits per heavy atom. The summed E-state index contributed by atoms with van der Waals surface area (Å²) in [5.74, 6) is 0.606. The van der Waals surface area contributed by atoms with Crippen LogP contribution in [0.25, 0.3) is 0 Å². The number of ether oxygens (including phenoxy) is 2. The molecule has 0 spiro atoms. The molecule has 2 aromatic carbocycles. The van der Waals surface area contributed by atoms with Crippen LogP contribution in [0.2, 0.25) is 5.02 Å². The lowest BCUT2D eigenvalue weighted by Gasteiger charge is -2.18. The molecule has 4 nitrogen and oxygen atoms in total. The molecule has 0 aromatic heterocycles. The van der Waals surface area contributed by atoms with Gasteiger partial charge in [-0.3, -0.25) is 0 Å². The molecule has 0 saturated heterocycles. The van der Waals surface area contributed by atoms with Crippen LogP contribution in [0, 0.1) is 5.82 Å². The number of hydrogen-bond donors (Lipinski definition) is 2. The van der Waals surface area contributed by atoms with Gasteiger partial charge in [-0.05, 0) is 31.2 Å². The van der Waals surface area contributed by atoms with Crippen LogP contribution in [0.4, 0.5) is 4.39 Å². The van der Waals surface area contributed by atoms with Gasteiger partial charge < -0.3 is 19.9 Å². The number of benzene rings is 2. The van der Waals surface area contributed by atoms with Crippen LogP contribution in [-0.4, -0.2) is 24.9 Å². The van der Waals surface area contributed by atoms with Gasteiger partial charge in [-0.2, -0.15) is 0 Å². The van der Waals surface area contributed by atoms with Gasteiger partial charge in [-0.1, -0.05) is 33.6 Å². The van der Waals surface area contributed by atoms with Gasteiger partial charge >= 0.3 is 0 Å². The van der Waals surface area contributed by atoms with Crippen LogP contribution in [-0.2, 0) is 13.2 Å². The maximum atomic E-state index is 14.0. The topological polar surface area (TPSA) is 50.7 Å². The second kappa shape index (κ2) is 9.38. The summed E-state index contributed by atoms with van der Waals surface area (Å²) >= 11 is 9.55. The molecule has 0 saturated carbocycles. The van der Waals surface area contributed by atoms with E-state index in [1.54, 1.807) is 32.2 Å². The first-order chi connectivity index (χ1) is 11.9. The maximum absolute atomic E-state index is 14.0. The number of rotatable bonds is 8. The first-order valence-electron chi connectivity index (χ1n) is 7.73. The van der Waals surface area contributed by atoms with E-state index in [4.69, 9.17) is 21.1 Å². The molecule has 0 amide bonds. The van der Waals surface area contributed by atoms with Crippen molar-refractivity contribution in [2.24, 2.45) is 0 Å². The van der Waals surface area contributed by atoms with Crippen molar-refractivity contribution in [1.82, 2.24) is 5.32 Å². The Morgan fingerprint density at radius 2 is 2.04 bits per heavy atom. The fourth-order valence-electron chi connectivity index (χ4n) is 2.29. The third-order valence-corrected chi connectivity index (χ3v) is 4.65. The van der Waals surface area contributed by atoms with Crippen LogP contribution >= 0.6 is 27.5 Å². The lowest BCUT2D eigenvalue weighted by molar-refractivity contribution is 0.190. The Labute approximate surface area is 160 Å². The molecule has 2 N–H and O–H groups in total. The normalized spacial score (nSPS) is 12.1. The highest BCUT2D eigenvalue weighted by atomic mass is 79.9. The number of methoxy groups -OCH3 is 1. The highest BCUT2D eigenvalue weighted by Crippen LogP contribution is 2.37. The molecule has 7 heteroatoms. The minimum atomic E-state index is -0.467. The molecule has 0 aliphatic heterocycles. The molecule has 0 aliphatic rings. The molecular weight excluding hydrogens is 413 g/mol. The quantitative estimate of drug-likeness (QED) is 0.653. The van der Waals surface area contributed by atoms with Crippen molar-refractivity contribution < 1.29 is 19.0 Å².